The molecule has 1 saturated heterocycles. The van der Waals surface area contributed by atoms with Gasteiger partial charge in [0.2, 0.25) is 0 Å². The zero-order chi connectivity index (χ0) is 19.5. The second-order valence-corrected chi connectivity index (χ2v) is 8.06. The fourth-order valence-corrected chi connectivity index (χ4v) is 3.65. The first-order valence-corrected chi connectivity index (χ1v) is 10.6. The van der Waals surface area contributed by atoms with Gasteiger partial charge in [-0.15, -0.1) is 11.3 Å². The zero-order valence-corrected chi connectivity index (χ0v) is 17.5. The van der Waals surface area contributed by atoms with Gasteiger partial charge in [-0.25, -0.2) is 0 Å². The quantitative estimate of drug-likeness (QED) is 0.335. The van der Waals surface area contributed by atoms with Crippen molar-refractivity contribution >= 4 is 23.2 Å². The van der Waals surface area contributed by atoms with Crippen LogP contribution in [0.15, 0.2) is 22.5 Å². The third-order valence-electron chi connectivity index (χ3n) is 4.24. The van der Waals surface area contributed by atoms with Crippen LogP contribution < -0.4 is 16.0 Å². The lowest BCUT2D eigenvalue weighted by atomic mass is 10.2. The number of nitrogens with zero attached hydrogens (tertiary/aromatic N) is 2. The summed E-state index contributed by atoms with van der Waals surface area (Å²) < 4.78 is 5.86. The van der Waals surface area contributed by atoms with Gasteiger partial charge in [-0.1, -0.05) is 19.9 Å². The predicted molar refractivity (Wildman–Crippen MR) is 112 cm³/mol. The van der Waals surface area contributed by atoms with E-state index in [0.717, 1.165) is 56.6 Å². The Bertz CT molecular complexity index is 577. The highest BCUT2D eigenvalue weighted by molar-refractivity contribution is 7.12. The summed E-state index contributed by atoms with van der Waals surface area (Å²) in [4.78, 5) is 19.3. The maximum Gasteiger partial charge on any atom is 0.261 e. The summed E-state index contributed by atoms with van der Waals surface area (Å²) in [5, 5.41) is 11.5. The number of ether oxygens (including phenoxy) is 1. The minimum atomic E-state index is -0.00657. The Morgan fingerprint density at radius 1 is 1.37 bits per heavy atom. The van der Waals surface area contributed by atoms with Crippen LogP contribution in [0.2, 0.25) is 0 Å². The summed E-state index contributed by atoms with van der Waals surface area (Å²) in [6.45, 7) is 10.5. The molecule has 1 unspecified atom stereocenters. The fraction of sp³-hybridized carbons (Fsp3) is 0.684. The topological polar surface area (TPSA) is 78.0 Å². The van der Waals surface area contributed by atoms with E-state index < -0.39 is 0 Å². The number of carbonyl (C=O) groups is 1. The van der Waals surface area contributed by atoms with Crippen LogP contribution in [0, 0.1) is 5.92 Å². The van der Waals surface area contributed by atoms with E-state index in [0.29, 0.717) is 12.5 Å². The number of amides is 1. The van der Waals surface area contributed by atoms with Crippen molar-refractivity contribution in [2.45, 2.75) is 26.4 Å². The second-order valence-electron chi connectivity index (χ2n) is 7.11. The highest BCUT2D eigenvalue weighted by atomic mass is 32.1. The summed E-state index contributed by atoms with van der Waals surface area (Å²) in [5.74, 6) is 1.43. The van der Waals surface area contributed by atoms with Crippen molar-refractivity contribution in [2.75, 3.05) is 52.9 Å². The van der Waals surface area contributed by atoms with Gasteiger partial charge in [-0.2, -0.15) is 0 Å². The molecule has 2 rings (SSSR count). The monoisotopic (exact) mass is 395 g/mol. The van der Waals surface area contributed by atoms with E-state index in [2.05, 4.69) is 39.7 Å². The van der Waals surface area contributed by atoms with Crippen LogP contribution in [0.1, 0.15) is 29.9 Å². The molecule has 0 radical (unpaired) electrons. The standard InChI is InChI=1S/C19H33N5O2S/c1-15(2)13-24-9-10-26-16(14-24)12-23-19(20-3)22-8-5-7-21-18(25)17-6-4-11-27-17/h4,6,11,15-16H,5,7-10,12-14H2,1-3H3,(H,21,25)(H2,20,22,23). The van der Waals surface area contributed by atoms with E-state index in [9.17, 15) is 4.79 Å². The van der Waals surface area contributed by atoms with Crippen molar-refractivity contribution in [3.05, 3.63) is 22.4 Å². The zero-order valence-electron chi connectivity index (χ0n) is 16.7. The molecule has 8 heteroatoms. The molecule has 2 heterocycles. The Labute approximate surface area is 166 Å². The first kappa shape index (κ1) is 21.7. The number of nitrogens with one attached hydrogen (secondary N) is 3. The number of rotatable bonds is 9. The van der Waals surface area contributed by atoms with Gasteiger partial charge >= 0.3 is 0 Å². The Balaban J connectivity index is 1.58. The third-order valence-corrected chi connectivity index (χ3v) is 5.11. The summed E-state index contributed by atoms with van der Waals surface area (Å²) in [5.41, 5.74) is 0. The van der Waals surface area contributed by atoms with Crippen molar-refractivity contribution in [3.8, 4) is 0 Å². The molecule has 0 saturated carbocycles. The molecule has 27 heavy (non-hydrogen) atoms. The van der Waals surface area contributed by atoms with E-state index in [1.807, 2.05) is 17.5 Å². The molecule has 1 aliphatic heterocycles. The molecule has 0 bridgehead atoms. The van der Waals surface area contributed by atoms with E-state index in [1.165, 1.54) is 11.3 Å². The smallest absolute Gasteiger partial charge is 0.261 e. The molecule has 3 N–H and O–H groups in total. The lowest BCUT2D eigenvalue weighted by molar-refractivity contribution is -0.0284. The van der Waals surface area contributed by atoms with Gasteiger partial charge in [-0.3, -0.25) is 14.7 Å². The molecule has 152 valence electrons. The predicted octanol–water partition coefficient (Wildman–Crippen LogP) is 1.39. The molecular formula is C19H33N5O2S. The molecule has 7 nitrogen and oxygen atoms in total. The molecule has 1 fully saturated rings. The van der Waals surface area contributed by atoms with Crippen LogP contribution in [0.5, 0.6) is 0 Å². The molecule has 1 aromatic heterocycles. The summed E-state index contributed by atoms with van der Waals surface area (Å²) >= 11 is 1.45. The Hall–Kier alpha value is -1.64. The lowest BCUT2D eigenvalue weighted by Crippen LogP contribution is -2.50. The van der Waals surface area contributed by atoms with E-state index in [-0.39, 0.29) is 12.0 Å². The third kappa shape index (κ3) is 8.28. The molecule has 0 aromatic carbocycles. The Morgan fingerprint density at radius 2 is 2.19 bits per heavy atom. The number of hydrogen-bond donors (Lipinski definition) is 3. The summed E-state index contributed by atoms with van der Waals surface area (Å²) in [7, 11) is 1.76. The van der Waals surface area contributed by atoms with E-state index >= 15 is 0 Å². The maximum absolute atomic E-state index is 11.9. The van der Waals surface area contributed by atoms with Crippen molar-refractivity contribution < 1.29 is 9.53 Å². The number of guanidine groups is 1. The van der Waals surface area contributed by atoms with Gasteiger partial charge in [-0.05, 0) is 23.8 Å². The van der Waals surface area contributed by atoms with Gasteiger partial charge in [0, 0.05) is 46.3 Å². The van der Waals surface area contributed by atoms with Crippen LogP contribution >= 0.6 is 11.3 Å². The maximum atomic E-state index is 11.9. The largest absolute Gasteiger partial charge is 0.374 e. The van der Waals surface area contributed by atoms with Gasteiger partial charge < -0.3 is 20.7 Å². The minimum absolute atomic E-state index is 0.00657. The van der Waals surface area contributed by atoms with Gasteiger partial charge in [0.15, 0.2) is 5.96 Å². The van der Waals surface area contributed by atoms with Crippen LogP contribution in [-0.2, 0) is 4.74 Å². The lowest BCUT2D eigenvalue weighted by Gasteiger charge is -2.34. The van der Waals surface area contributed by atoms with E-state index in [4.69, 9.17) is 4.74 Å². The van der Waals surface area contributed by atoms with Crippen molar-refractivity contribution in [2.24, 2.45) is 10.9 Å². The number of aliphatic imine (C=N–C) groups is 1. The summed E-state index contributed by atoms with van der Waals surface area (Å²) in [6.07, 6.45) is 1.01. The molecule has 1 aliphatic rings. The van der Waals surface area contributed by atoms with Crippen molar-refractivity contribution in [3.63, 3.8) is 0 Å². The summed E-state index contributed by atoms with van der Waals surface area (Å²) in [6, 6.07) is 3.72. The highest BCUT2D eigenvalue weighted by Gasteiger charge is 2.21. The van der Waals surface area contributed by atoms with Gasteiger partial charge in [0.1, 0.15) is 0 Å². The normalized spacial score (nSPS) is 18.5. The van der Waals surface area contributed by atoms with Crippen LogP contribution in [0.3, 0.4) is 0 Å². The number of morpholine rings is 1. The molecule has 0 aliphatic carbocycles. The molecule has 1 aromatic rings. The molecule has 1 amide bonds. The van der Waals surface area contributed by atoms with Crippen molar-refractivity contribution in [1.82, 2.24) is 20.9 Å². The minimum Gasteiger partial charge on any atom is -0.374 e. The first-order valence-electron chi connectivity index (χ1n) is 9.68. The average molecular weight is 396 g/mol. The second kappa shape index (κ2) is 11.9. The molecular weight excluding hydrogens is 362 g/mol. The van der Waals surface area contributed by atoms with Crippen LogP contribution in [-0.4, -0.2) is 75.8 Å². The van der Waals surface area contributed by atoms with Gasteiger partial charge in [0.05, 0.1) is 17.6 Å². The van der Waals surface area contributed by atoms with Crippen LogP contribution in [0.25, 0.3) is 0 Å². The average Bonchev–Trinajstić information content (AvgIpc) is 3.18. The molecule has 0 spiro atoms. The highest BCUT2D eigenvalue weighted by Crippen LogP contribution is 2.08. The number of carbonyl (C=O) groups excluding carboxylic acids is 1. The number of thiophene rings is 1. The Morgan fingerprint density at radius 3 is 2.89 bits per heavy atom. The van der Waals surface area contributed by atoms with E-state index in [1.54, 1.807) is 7.05 Å². The number of hydrogen-bond acceptors (Lipinski definition) is 5. The van der Waals surface area contributed by atoms with Gasteiger partial charge in [0.25, 0.3) is 5.91 Å². The first-order chi connectivity index (χ1) is 13.1. The SMILES string of the molecule is CN=C(NCCCNC(=O)c1cccs1)NCC1CN(CC(C)C)CCO1. The van der Waals surface area contributed by atoms with Crippen LogP contribution in [0.4, 0.5) is 0 Å². The van der Waals surface area contributed by atoms with Crippen molar-refractivity contribution in [1.29, 1.82) is 0 Å². The molecule has 1 atom stereocenters. The fourth-order valence-electron chi connectivity index (χ4n) is 3.01. The Kier molecular flexibility index (Phi) is 9.58.